The van der Waals surface area contributed by atoms with E-state index < -0.39 is 38.8 Å². The molecular formula is C11H10F3N3O2S. The zero-order valence-corrected chi connectivity index (χ0v) is 11.1. The van der Waals surface area contributed by atoms with E-state index in [9.17, 15) is 21.6 Å². The van der Waals surface area contributed by atoms with Crippen LogP contribution in [0.2, 0.25) is 0 Å². The maximum Gasteiger partial charge on any atom is 0.297 e. The molecule has 1 aromatic carbocycles. The van der Waals surface area contributed by atoms with Gasteiger partial charge < -0.3 is 4.57 Å². The van der Waals surface area contributed by atoms with Crippen molar-refractivity contribution in [3.8, 4) is 0 Å². The summed E-state index contributed by atoms with van der Waals surface area (Å²) in [4.78, 5) is 0. The van der Waals surface area contributed by atoms with Gasteiger partial charge in [0.05, 0.1) is 5.75 Å². The Balaban J connectivity index is 2.33. The Morgan fingerprint density at radius 3 is 2.30 bits per heavy atom. The molecule has 0 fully saturated rings. The van der Waals surface area contributed by atoms with Crippen molar-refractivity contribution in [2.24, 2.45) is 7.05 Å². The van der Waals surface area contributed by atoms with E-state index in [1.807, 2.05) is 0 Å². The second-order valence-corrected chi connectivity index (χ2v) is 5.97. The Kier molecular flexibility index (Phi) is 3.80. The van der Waals surface area contributed by atoms with Gasteiger partial charge >= 0.3 is 0 Å². The van der Waals surface area contributed by atoms with Gasteiger partial charge in [0, 0.05) is 7.05 Å². The highest BCUT2D eigenvalue weighted by atomic mass is 32.2. The van der Waals surface area contributed by atoms with Gasteiger partial charge in [-0.3, -0.25) is 0 Å². The zero-order valence-electron chi connectivity index (χ0n) is 10.3. The molecule has 0 aliphatic rings. The van der Waals surface area contributed by atoms with E-state index >= 15 is 0 Å². The van der Waals surface area contributed by atoms with Crippen LogP contribution in [-0.4, -0.2) is 23.2 Å². The van der Waals surface area contributed by atoms with Crippen molar-refractivity contribution in [3.05, 3.63) is 41.5 Å². The van der Waals surface area contributed by atoms with E-state index in [1.165, 1.54) is 12.1 Å². The highest BCUT2D eigenvalue weighted by Crippen LogP contribution is 2.20. The van der Waals surface area contributed by atoms with E-state index in [2.05, 4.69) is 10.2 Å². The second-order valence-electron chi connectivity index (χ2n) is 4.09. The predicted octanol–water partition coefficient (Wildman–Crippen LogP) is 1.87. The molecule has 0 radical (unpaired) electrons. The number of hydrogen-bond donors (Lipinski definition) is 0. The number of hydrogen-bond acceptors (Lipinski definition) is 4. The van der Waals surface area contributed by atoms with Gasteiger partial charge in [-0.25, -0.2) is 21.6 Å². The molecular weight excluding hydrogens is 295 g/mol. The third-order valence-electron chi connectivity index (χ3n) is 2.61. The first-order valence-corrected chi connectivity index (χ1v) is 7.11. The first-order valence-electron chi connectivity index (χ1n) is 5.46. The van der Waals surface area contributed by atoms with Crippen LogP contribution in [0.1, 0.15) is 17.8 Å². The molecule has 0 N–H and O–H groups in total. The number of aromatic nitrogens is 3. The molecule has 5 nitrogen and oxygen atoms in total. The predicted molar refractivity (Wildman–Crippen MR) is 63.2 cm³/mol. The fourth-order valence-electron chi connectivity index (χ4n) is 1.65. The summed E-state index contributed by atoms with van der Waals surface area (Å²) >= 11 is 0. The van der Waals surface area contributed by atoms with Crippen molar-refractivity contribution in [1.29, 1.82) is 0 Å². The monoisotopic (exact) mass is 305 g/mol. The van der Waals surface area contributed by atoms with Gasteiger partial charge in [0.1, 0.15) is 5.82 Å². The van der Waals surface area contributed by atoms with Gasteiger partial charge in [-0.05, 0) is 17.7 Å². The highest BCUT2D eigenvalue weighted by Gasteiger charge is 2.26. The van der Waals surface area contributed by atoms with Crippen LogP contribution in [0.5, 0.6) is 0 Å². The minimum atomic E-state index is -3.94. The third-order valence-corrected chi connectivity index (χ3v) is 4.24. The lowest BCUT2D eigenvalue weighted by atomic mass is 10.2. The summed E-state index contributed by atoms with van der Waals surface area (Å²) < 4.78 is 62.7. The zero-order chi connectivity index (χ0) is 14.9. The van der Waals surface area contributed by atoms with E-state index in [-0.39, 0.29) is 0 Å². The quantitative estimate of drug-likeness (QED) is 0.865. The molecule has 0 aliphatic carbocycles. The standard InChI is InChI=1S/C11H10F3N3O2S/c1-17-10(9(13)14)15-16-11(17)20(18,19)6-7-2-4-8(12)5-3-7/h2-5,9H,6H2,1H3. The summed E-state index contributed by atoms with van der Waals surface area (Å²) in [5.41, 5.74) is 0.327. The molecule has 0 saturated carbocycles. The van der Waals surface area contributed by atoms with E-state index in [4.69, 9.17) is 0 Å². The summed E-state index contributed by atoms with van der Waals surface area (Å²) in [7, 11) is -2.78. The lowest BCUT2D eigenvalue weighted by Crippen LogP contribution is -2.12. The second kappa shape index (κ2) is 5.23. The average Bonchev–Trinajstić information content (AvgIpc) is 2.75. The molecule has 0 atom stereocenters. The van der Waals surface area contributed by atoms with E-state index in [0.717, 1.165) is 23.7 Å². The first-order chi connectivity index (χ1) is 9.31. The lowest BCUT2D eigenvalue weighted by molar-refractivity contribution is 0.135. The summed E-state index contributed by atoms with van der Waals surface area (Å²) in [6, 6.07) is 4.84. The molecule has 2 rings (SSSR count). The minimum Gasteiger partial charge on any atom is -0.300 e. The molecule has 0 bridgehead atoms. The van der Waals surface area contributed by atoms with Crippen molar-refractivity contribution in [2.75, 3.05) is 0 Å². The fraction of sp³-hybridized carbons (Fsp3) is 0.273. The Morgan fingerprint density at radius 1 is 1.20 bits per heavy atom. The Bertz CT molecular complexity index is 711. The number of nitrogens with zero attached hydrogens (tertiary/aromatic N) is 3. The lowest BCUT2D eigenvalue weighted by Gasteiger charge is -2.05. The van der Waals surface area contributed by atoms with Gasteiger partial charge in [-0.1, -0.05) is 12.1 Å². The number of alkyl halides is 2. The largest absolute Gasteiger partial charge is 0.300 e. The minimum absolute atomic E-state index is 0.327. The van der Waals surface area contributed by atoms with Crippen LogP contribution < -0.4 is 0 Å². The molecule has 0 amide bonds. The van der Waals surface area contributed by atoms with Gasteiger partial charge in [-0.15, -0.1) is 10.2 Å². The van der Waals surface area contributed by atoms with Crippen LogP contribution in [0.4, 0.5) is 13.2 Å². The van der Waals surface area contributed by atoms with Crippen LogP contribution in [0.25, 0.3) is 0 Å². The molecule has 1 heterocycles. The van der Waals surface area contributed by atoms with Crippen molar-refractivity contribution in [2.45, 2.75) is 17.3 Å². The van der Waals surface area contributed by atoms with Crippen molar-refractivity contribution < 1.29 is 21.6 Å². The number of benzene rings is 1. The molecule has 0 unspecified atom stereocenters. The van der Waals surface area contributed by atoms with Crippen LogP contribution in [0, 0.1) is 5.82 Å². The Hall–Kier alpha value is -1.90. The van der Waals surface area contributed by atoms with Crippen LogP contribution >= 0.6 is 0 Å². The van der Waals surface area contributed by atoms with Gasteiger partial charge in [0.2, 0.25) is 20.8 Å². The Labute approximate surface area is 113 Å². The summed E-state index contributed by atoms with van der Waals surface area (Å²) in [6.07, 6.45) is -2.91. The van der Waals surface area contributed by atoms with Crippen molar-refractivity contribution >= 4 is 9.84 Å². The van der Waals surface area contributed by atoms with Gasteiger partial charge in [0.25, 0.3) is 6.43 Å². The molecule has 1 aromatic heterocycles. The van der Waals surface area contributed by atoms with E-state index in [1.54, 1.807) is 0 Å². The molecule has 0 saturated heterocycles. The third kappa shape index (κ3) is 2.82. The van der Waals surface area contributed by atoms with Crippen LogP contribution in [-0.2, 0) is 22.6 Å². The number of halogens is 3. The average molecular weight is 305 g/mol. The highest BCUT2D eigenvalue weighted by molar-refractivity contribution is 7.90. The van der Waals surface area contributed by atoms with Crippen molar-refractivity contribution in [1.82, 2.24) is 14.8 Å². The maximum atomic E-state index is 12.7. The first kappa shape index (κ1) is 14.5. The van der Waals surface area contributed by atoms with Gasteiger partial charge in [0.15, 0.2) is 0 Å². The summed E-state index contributed by atoms with van der Waals surface area (Å²) in [5, 5.41) is 5.91. The van der Waals surface area contributed by atoms with E-state index in [0.29, 0.717) is 5.56 Å². The topological polar surface area (TPSA) is 64.8 Å². The van der Waals surface area contributed by atoms with Crippen LogP contribution in [0.3, 0.4) is 0 Å². The summed E-state index contributed by atoms with van der Waals surface area (Å²) in [6.45, 7) is 0. The fourth-order valence-corrected chi connectivity index (χ4v) is 3.09. The van der Waals surface area contributed by atoms with Crippen molar-refractivity contribution in [3.63, 3.8) is 0 Å². The summed E-state index contributed by atoms with van der Waals surface area (Å²) in [5.74, 6) is -1.69. The molecule has 0 aliphatic heterocycles. The Morgan fingerprint density at radius 2 is 1.80 bits per heavy atom. The smallest absolute Gasteiger partial charge is 0.297 e. The SMILES string of the molecule is Cn1c(C(F)F)nnc1S(=O)(=O)Cc1ccc(F)cc1. The molecule has 20 heavy (non-hydrogen) atoms. The number of sulfone groups is 1. The number of rotatable bonds is 4. The molecule has 2 aromatic rings. The normalized spacial score (nSPS) is 12.1. The molecule has 108 valence electrons. The van der Waals surface area contributed by atoms with Gasteiger partial charge in [-0.2, -0.15) is 0 Å². The molecule has 0 spiro atoms. The van der Waals surface area contributed by atoms with Crippen LogP contribution in [0.15, 0.2) is 29.4 Å². The molecule has 9 heteroatoms. The maximum absolute atomic E-state index is 12.7.